The Morgan fingerprint density at radius 3 is 2.56 bits per heavy atom. The van der Waals surface area contributed by atoms with E-state index < -0.39 is 0 Å². The largest absolute Gasteiger partial charge is 0.496 e. The molecule has 0 aliphatic heterocycles. The first-order valence-corrected chi connectivity index (χ1v) is 9.07. The van der Waals surface area contributed by atoms with Crippen molar-refractivity contribution in [2.24, 2.45) is 4.99 Å². The molecule has 146 valence electrons. The van der Waals surface area contributed by atoms with Crippen molar-refractivity contribution in [2.45, 2.75) is 33.7 Å². The van der Waals surface area contributed by atoms with Gasteiger partial charge in [-0.3, -0.25) is 9.98 Å². The molecule has 2 N–H and O–H groups in total. The van der Waals surface area contributed by atoms with E-state index in [1.54, 1.807) is 21.3 Å². The van der Waals surface area contributed by atoms with Crippen LogP contribution < -0.4 is 20.1 Å². The van der Waals surface area contributed by atoms with Crippen LogP contribution >= 0.6 is 0 Å². The summed E-state index contributed by atoms with van der Waals surface area (Å²) in [6, 6.07) is 6.22. The molecule has 0 unspecified atom stereocenters. The lowest BCUT2D eigenvalue weighted by atomic mass is 10.1. The molecule has 0 saturated carbocycles. The minimum Gasteiger partial charge on any atom is -0.496 e. The molecule has 27 heavy (non-hydrogen) atoms. The zero-order valence-electron chi connectivity index (χ0n) is 17.1. The van der Waals surface area contributed by atoms with Crippen molar-refractivity contribution in [2.75, 3.05) is 27.8 Å². The molecule has 0 bridgehead atoms. The van der Waals surface area contributed by atoms with Crippen molar-refractivity contribution in [1.29, 1.82) is 0 Å². The Kier molecular flexibility index (Phi) is 7.46. The number of methoxy groups -OCH3 is 2. The molecule has 6 heteroatoms. The lowest BCUT2D eigenvalue weighted by Gasteiger charge is -2.15. The molecular formula is C21H30N4O2. The highest BCUT2D eigenvalue weighted by Crippen LogP contribution is 2.23. The monoisotopic (exact) mass is 370 g/mol. The number of ether oxygens (including phenoxy) is 2. The van der Waals surface area contributed by atoms with Crippen molar-refractivity contribution in [1.82, 2.24) is 15.6 Å². The third-order valence-corrected chi connectivity index (χ3v) is 4.52. The summed E-state index contributed by atoms with van der Waals surface area (Å²) in [6.07, 6.45) is 2.68. The van der Waals surface area contributed by atoms with E-state index in [-0.39, 0.29) is 0 Å². The maximum absolute atomic E-state index is 5.47. The van der Waals surface area contributed by atoms with E-state index >= 15 is 0 Å². The maximum atomic E-state index is 5.47. The predicted molar refractivity (Wildman–Crippen MR) is 110 cm³/mol. The van der Waals surface area contributed by atoms with E-state index in [9.17, 15) is 0 Å². The highest BCUT2D eigenvalue weighted by Gasteiger charge is 2.10. The standard InChI is InChI=1S/C21H30N4O2/c1-14-7-8-19(26-5)17(11-14)9-10-23-21(22-4)25-13-18-16(3)20(27-6)15(2)12-24-18/h7-8,11-12H,9-10,13H2,1-6H3,(H2,22,23,25). The van der Waals surface area contributed by atoms with E-state index in [0.29, 0.717) is 6.54 Å². The second kappa shape index (κ2) is 9.80. The summed E-state index contributed by atoms with van der Waals surface area (Å²) in [5, 5.41) is 6.66. The molecule has 0 spiro atoms. The molecule has 0 aliphatic rings. The second-order valence-electron chi connectivity index (χ2n) is 6.46. The van der Waals surface area contributed by atoms with Gasteiger partial charge in [0, 0.05) is 30.9 Å². The molecule has 1 heterocycles. The number of benzene rings is 1. The van der Waals surface area contributed by atoms with Gasteiger partial charge in [0.25, 0.3) is 0 Å². The number of hydrogen-bond donors (Lipinski definition) is 2. The fourth-order valence-electron chi connectivity index (χ4n) is 3.06. The van der Waals surface area contributed by atoms with E-state index in [1.807, 2.05) is 26.1 Å². The van der Waals surface area contributed by atoms with Crippen LogP contribution in [-0.4, -0.2) is 38.8 Å². The van der Waals surface area contributed by atoms with Crippen LogP contribution in [-0.2, 0) is 13.0 Å². The van der Waals surface area contributed by atoms with Crippen LogP contribution in [0.3, 0.4) is 0 Å². The molecule has 2 rings (SSSR count). The van der Waals surface area contributed by atoms with Gasteiger partial charge in [-0.2, -0.15) is 0 Å². The lowest BCUT2D eigenvalue weighted by molar-refractivity contribution is 0.406. The third-order valence-electron chi connectivity index (χ3n) is 4.52. The molecule has 0 aliphatic carbocycles. The zero-order chi connectivity index (χ0) is 19.8. The SMILES string of the molecule is CN=C(NCCc1cc(C)ccc1OC)NCc1ncc(C)c(OC)c1C. The van der Waals surface area contributed by atoms with Gasteiger partial charge in [-0.15, -0.1) is 0 Å². The minimum atomic E-state index is 0.579. The van der Waals surface area contributed by atoms with Crippen LogP contribution in [0.1, 0.15) is 27.9 Å². The van der Waals surface area contributed by atoms with Gasteiger partial charge in [0.1, 0.15) is 11.5 Å². The van der Waals surface area contributed by atoms with Gasteiger partial charge in [0.15, 0.2) is 5.96 Å². The fraction of sp³-hybridized carbons (Fsp3) is 0.429. The van der Waals surface area contributed by atoms with E-state index in [1.165, 1.54) is 11.1 Å². The first kappa shape index (κ1) is 20.6. The van der Waals surface area contributed by atoms with Crippen LogP contribution in [0.4, 0.5) is 0 Å². The van der Waals surface area contributed by atoms with Crippen molar-refractivity contribution in [3.8, 4) is 11.5 Å². The summed E-state index contributed by atoms with van der Waals surface area (Å²) in [5.41, 5.74) is 5.43. The molecular weight excluding hydrogens is 340 g/mol. The normalized spacial score (nSPS) is 11.3. The highest BCUT2D eigenvalue weighted by molar-refractivity contribution is 5.79. The molecule has 0 fully saturated rings. The smallest absolute Gasteiger partial charge is 0.191 e. The molecule has 0 radical (unpaired) electrons. The number of aromatic nitrogens is 1. The van der Waals surface area contributed by atoms with Crippen molar-refractivity contribution in [3.05, 3.63) is 52.3 Å². The van der Waals surface area contributed by atoms with Crippen LogP contribution in [0.2, 0.25) is 0 Å². The Balaban J connectivity index is 1.93. The van der Waals surface area contributed by atoms with E-state index in [0.717, 1.165) is 47.2 Å². The maximum Gasteiger partial charge on any atom is 0.191 e. The summed E-state index contributed by atoms with van der Waals surface area (Å²) in [5.74, 6) is 2.54. The van der Waals surface area contributed by atoms with E-state index in [4.69, 9.17) is 9.47 Å². The summed E-state index contributed by atoms with van der Waals surface area (Å²) < 4.78 is 10.9. The first-order chi connectivity index (χ1) is 13.0. The van der Waals surface area contributed by atoms with Gasteiger partial charge in [-0.05, 0) is 38.8 Å². The molecule has 0 saturated heterocycles. The molecule has 1 aromatic carbocycles. The number of nitrogens with zero attached hydrogens (tertiary/aromatic N) is 2. The molecule has 0 amide bonds. The Bertz CT molecular complexity index is 803. The summed E-state index contributed by atoms with van der Waals surface area (Å²) >= 11 is 0. The topological polar surface area (TPSA) is 67.8 Å². The summed E-state index contributed by atoms with van der Waals surface area (Å²) in [6.45, 7) is 7.44. The fourth-order valence-corrected chi connectivity index (χ4v) is 3.06. The van der Waals surface area contributed by atoms with Crippen LogP contribution in [0.25, 0.3) is 0 Å². The second-order valence-corrected chi connectivity index (χ2v) is 6.46. The molecule has 0 atom stereocenters. The van der Waals surface area contributed by atoms with Gasteiger partial charge >= 0.3 is 0 Å². The number of rotatable bonds is 7. The molecule has 2 aromatic rings. The number of aliphatic imine (C=N–C) groups is 1. The molecule has 6 nitrogen and oxygen atoms in total. The average molecular weight is 370 g/mol. The summed E-state index contributed by atoms with van der Waals surface area (Å²) in [4.78, 5) is 8.80. The zero-order valence-corrected chi connectivity index (χ0v) is 17.1. The van der Waals surface area contributed by atoms with Gasteiger partial charge < -0.3 is 20.1 Å². The van der Waals surface area contributed by atoms with Crippen molar-refractivity contribution < 1.29 is 9.47 Å². The van der Waals surface area contributed by atoms with Gasteiger partial charge in [0.05, 0.1) is 26.5 Å². The number of aryl methyl sites for hydroxylation is 2. The Hall–Kier alpha value is -2.76. The quantitative estimate of drug-likeness (QED) is 0.579. The van der Waals surface area contributed by atoms with E-state index in [2.05, 4.69) is 39.7 Å². The van der Waals surface area contributed by atoms with Gasteiger partial charge in [-0.1, -0.05) is 17.7 Å². The van der Waals surface area contributed by atoms with Crippen molar-refractivity contribution in [3.63, 3.8) is 0 Å². The minimum absolute atomic E-state index is 0.579. The molecule has 1 aromatic heterocycles. The van der Waals surface area contributed by atoms with Crippen LogP contribution in [0.5, 0.6) is 11.5 Å². The average Bonchev–Trinajstić information content (AvgIpc) is 2.66. The lowest BCUT2D eigenvalue weighted by Crippen LogP contribution is -2.38. The number of nitrogens with one attached hydrogen (secondary N) is 2. The summed E-state index contributed by atoms with van der Waals surface area (Å²) in [7, 11) is 5.15. The van der Waals surface area contributed by atoms with Crippen LogP contribution in [0.15, 0.2) is 29.4 Å². The predicted octanol–water partition coefficient (Wildman–Crippen LogP) is 2.93. The Morgan fingerprint density at radius 2 is 1.89 bits per heavy atom. The van der Waals surface area contributed by atoms with Crippen LogP contribution in [0, 0.1) is 20.8 Å². The highest BCUT2D eigenvalue weighted by atomic mass is 16.5. The van der Waals surface area contributed by atoms with Gasteiger partial charge in [0.2, 0.25) is 0 Å². The van der Waals surface area contributed by atoms with Crippen molar-refractivity contribution >= 4 is 5.96 Å². The number of hydrogen-bond acceptors (Lipinski definition) is 4. The van der Waals surface area contributed by atoms with Gasteiger partial charge in [-0.25, -0.2) is 0 Å². The Morgan fingerprint density at radius 1 is 1.11 bits per heavy atom. The Labute approximate surface area is 162 Å². The number of pyridine rings is 1. The number of guanidine groups is 1. The third kappa shape index (κ3) is 5.36. The first-order valence-electron chi connectivity index (χ1n) is 9.07.